The summed E-state index contributed by atoms with van der Waals surface area (Å²) in [5.74, 6) is 0. The van der Waals surface area contributed by atoms with Crippen LogP contribution >= 0.6 is 15.9 Å². The molecule has 0 saturated carbocycles. The van der Waals surface area contributed by atoms with Crippen molar-refractivity contribution in [2.75, 3.05) is 25.0 Å². The topological polar surface area (TPSA) is 15.3 Å². The van der Waals surface area contributed by atoms with E-state index in [1.54, 1.807) is 0 Å². The number of hydrogen-bond acceptors (Lipinski definition) is 2. The van der Waals surface area contributed by atoms with Gasteiger partial charge in [0.2, 0.25) is 0 Å². The van der Waals surface area contributed by atoms with Crippen molar-refractivity contribution < 1.29 is 0 Å². The molecule has 1 N–H and O–H groups in total. The summed E-state index contributed by atoms with van der Waals surface area (Å²) in [4.78, 5) is 2.50. The Morgan fingerprint density at radius 1 is 1.31 bits per heavy atom. The highest BCUT2D eigenvalue weighted by molar-refractivity contribution is 9.10. The van der Waals surface area contributed by atoms with Crippen molar-refractivity contribution >= 4 is 21.6 Å². The van der Waals surface area contributed by atoms with Gasteiger partial charge in [-0.2, -0.15) is 0 Å². The van der Waals surface area contributed by atoms with Gasteiger partial charge in [0.1, 0.15) is 0 Å². The summed E-state index contributed by atoms with van der Waals surface area (Å²) in [6, 6.07) is 7.00. The molecule has 2 rings (SSSR count). The summed E-state index contributed by atoms with van der Waals surface area (Å²) < 4.78 is 1.16. The number of anilines is 1. The monoisotopic (exact) mass is 282 g/mol. The summed E-state index contributed by atoms with van der Waals surface area (Å²) >= 11 is 3.56. The Morgan fingerprint density at radius 2 is 2.00 bits per heavy atom. The molecule has 16 heavy (non-hydrogen) atoms. The highest BCUT2D eigenvalue weighted by Gasteiger charge is 2.18. The molecular weight excluding hydrogens is 264 g/mol. The highest BCUT2D eigenvalue weighted by Crippen LogP contribution is 2.31. The van der Waals surface area contributed by atoms with Gasteiger partial charge in [-0.05, 0) is 50.6 Å². The molecule has 1 fully saturated rings. The van der Waals surface area contributed by atoms with E-state index in [0.717, 1.165) is 4.47 Å². The molecule has 0 amide bonds. The third-order valence-corrected chi connectivity index (χ3v) is 3.83. The highest BCUT2D eigenvalue weighted by atomic mass is 79.9. The lowest BCUT2D eigenvalue weighted by atomic mass is 10.1. The van der Waals surface area contributed by atoms with Crippen molar-refractivity contribution in [2.24, 2.45) is 0 Å². The second kappa shape index (κ2) is 5.19. The summed E-state index contributed by atoms with van der Waals surface area (Å²) in [5, 5.41) is 3.32. The van der Waals surface area contributed by atoms with E-state index in [1.165, 1.54) is 37.2 Å². The van der Waals surface area contributed by atoms with Crippen LogP contribution in [0.5, 0.6) is 0 Å². The molecule has 1 aliphatic rings. The van der Waals surface area contributed by atoms with Gasteiger partial charge in [0.15, 0.2) is 0 Å². The van der Waals surface area contributed by atoms with Gasteiger partial charge >= 0.3 is 0 Å². The number of hydrogen-bond donors (Lipinski definition) is 1. The normalized spacial score (nSPS) is 17.8. The minimum absolute atomic E-state index is 0.396. The number of nitrogens with one attached hydrogen (secondary N) is 1. The second-order valence-corrected chi connectivity index (χ2v) is 5.32. The average molecular weight is 283 g/mol. The summed E-state index contributed by atoms with van der Waals surface area (Å²) in [7, 11) is 2.01. The van der Waals surface area contributed by atoms with Gasteiger partial charge in [-0.25, -0.2) is 0 Å². The first kappa shape index (κ1) is 11.9. The molecule has 1 aromatic carbocycles. The number of benzene rings is 1. The first-order valence-electron chi connectivity index (χ1n) is 5.94. The first-order chi connectivity index (χ1) is 7.72. The molecule has 1 unspecified atom stereocenters. The molecule has 2 nitrogen and oxygen atoms in total. The zero-order valence-electron chi connectivity index (χ0n) is 9.96. The third-order valence-electron chi connectivity index (χ3n) is 3.34. The minimum atomic E-state index is 0.396. The lowest BCUT2D eigenvalue weighted by Crippen LogP contribution is -2.22. The Bertz CT molecular complexity index is 359. The maximum atomic E-state index is 3.56. The molecule has 1 saturated heterocycles. The predicted molar refractivity (Wildman–Crippen MR) is 73.1 cm³/mol. The van der Waals surface area contributed by atoms with Crippen LogP contribution in [0.25, 0.3) is 0 Å². The van der Waals surface area contributed by atoms with Crippen LogP contribution < -0.4 is 10.2 Å². The van der Waals surface area contributed by atoms with Gasteiger partial charge in [-0.15, -0.1) is 0 Å². The lowest BCUT2D eigenvalue weighted by molar-refractivity contribution is 0.649. The van der Waals surface area contributed by atoms with Crippen molar-refractivity contribution in [3.8, 4) is 0 Å². The maximum Gasteiger partial charge on any atom is 0.0415 e. The van der Waals surface area contributed by atoms with Gasteiger partial charge in [-0.3, -0.25) is 0 Å². The molecule has 0 spiro atoms. The van der Waals surface area contributed by atoms with E-state index in [0.29, 0.717) is 6.04 Å². The molecule has 0 aromatic heterocycles. The van der Waals surface area contributed by atoms with Gasteiger partial charge in [0.05, 0.1) is 0 Å². The van der Waals surface area contributed by atoms with E-state index in [9.17, 15) is 0 Å². The average Bonchev–Trinajstić information content (AvgIpc) is 2.81. The largest absolute Gasteiger partial charge is 0.371 e. The molecule has 3 heteroatoms. The van der Waals surface area contributed by atoms with E-state index < -0.39 is 0 Å². The van der Waals surface area contributed by atoms with Crippen molar-refractivity contribution in [2.45, 2.75) is 25.8 Å². The van der Waals surface area contributed by atoms with Crippen LogP contribution in [-0.4, -0.2) is 20.1 Å². The number of rotatable bonds is 3. The molecular formula is C13H19BrN2. The molecule has 0 aliphatic carbocycles. The van der Waals surface area contributed by atoms with Crippen LogP contribution in [0.4, 0.5) is 5.69 Å². The van der Waals surface area contributed by atoms with Crippen LogP contribution in [0.3, 0.4) is 0 Å². The van der Waals surface area contributed by atoms with Gasteiger partial charge in [0.25, 0.3) is 0 Å². The lowest BCUT2D eigenvalue weighted by Gasteiger charge is -2.24. The fourth-order valence-electron chi connectivity index (χ4n) is 2.27. The molecule has 0 radical (unpaired) electrons. The Hall–Kier alpha value is -0.540. The fraction of sp³-hybridized carbons (Fsp3) is 0.538. The predicted octanol–water partition coefficient (Wildman–Crippen LogP) is 3.33. The van der Waals surface area contributed by atoms with Crippen molar-refractivity contribution in [3.63, 3.8) is 0 Å². The van der Waals surface area contributed by atoms with E-state index in [4.69, 9.17) is 0 Å². The van der Waals surface area contributed by atoms with Crippen LogP contribution in [0, 0.1) is 0 Å². The van der Waals surface area contributed by atoms with Crippen molar-refractivity contribution in [3.05, 3.63) is 28.2 Å². The quantitative estimate of drug-likeness (QED) is 0.915. The SMILES string of the molecule is CNC(C)c1cc(Br)ccc1N1CCCC1. The van der Waals surface area contributed by atoms with Crippen molar-refractivity contribution in [1.29, 1.82) is 0 Å². The molecule has 88 valence electrons. The Morgan fingerprint density at radius 3 is 2.62 bits per heavy atom. The third kappa shape index (κ3) is 2.41. The van der Waals surface area contributed by atoms with Crippen LogP contribution in [0.15, 0.2) is 22.7 Å². The first-order valence-corrected chi connectivity index (χ1v) is 6.73. The summed E-state index contributed by atoms with van der Waals surface area (Å²) in [6.45, 7) is 4.61. The fourth-order valence-corrected chi connectivity index (χ4v) is 2.65. The Labute approximate surface area is 106 Å². The van der Waals surface area contributed by atoms with Gasteiger partial charge in [-0.1, -0.05) is 15.9 Å². The molecule has 0 bridgehead atoms. The van der Waals surface area contributed by atoms with E-state index in [1.807, 2.05) is 7.05 Å². The van der Waals surface area contributed by atoms with Crippen molar-refractivity contribution in [1.82, 2.24) is 5.32 Å². The second-order valence-electron chi connectivity index (χ2n) is 4.41. The van der Waals surface area contributed by atoms with E-state index in [2.05, 4.69) is 51.3 Å². The zero-order chi connectivity index (χ0) is 11.5. The van der Waals surface area contributed by atoms with Crippen LogP contribution in [0.2, 0.25) is 0 Å². The molecule has 1 aromatic rings. The smallest absolute Gasteiger partial charge is 0.0415 e. The Kier molecular flexibility index (Phi) is 3.87. The standard InChI is InChI=1S/C13H19BrN2/c1-10(15-2)12-9-11(14)5-6-13(12)16-7-3-4-8-16/h5-6,9-10,15H,3-4,7-8H2,1-2H3. The maximum absolute atomic E-state index is 3.56. The minimum Gasteiger partial charge on any atom is -0.371 e. The summed E-state index contributed by atoms with van der Waals surface area (Å²) in [5.41, 5.74) is 2.78. The Balaban J connectivity index is 2.34. The van der Waals surface area contributed by atoms with Gasteiger partial charge < -0.3 is 10.2 Å². The van der Waals surface area contributed by atoms with E-state index >= 15 is 0 Å². The molecule has 1 atom stereocenters. The van der Waals surface area contributed by atoms with E-state index in [-0.39, 0.29) is 0 Å². The van der Waals surface area contributed by atoms with Crippen LogP contribution in [-0.2, 0) is 0 Å². The molecule has 1 heterocycles. The molecule has 1 aliphatic heterocycles. The zero-order valence-corrected chi connectivity index (χ0v) is 11.5. The number of nitrogens with zero attached hydrogens (tertiary/aromatic N) is 1. The number of halogens is 1. The van der Waals surface area contributed by atoms with Crippen LogP contribution in [0.1, 0.15) is 31.4 Å². The summed E-state index contributed by atoms with van der Waals surface area (Å²) in [6.07, 6.45) is 2.65. The van der Waals surface area contributed by atoms with Gasteiger partial charge in [0, 0.05) is 29.3 Å².